The first-order valence-corrected chi connectivity index (χ1v) is 4.04. The number of methoxy groups -OCH3 is 1. The van der Waals surface area contributed by atoms with Crippen molar-refractivity contribution in [2.75, 3.05) is 7.11 Å². The SMILES string of the molecule is COc1cc(Br)c(Cl)cc1O. The number of ether oxygens (including phenoxy) is 1. The second kappa shape index (κ2) is 3.32. The smallest absolute Gasteiger partial charge is 0.161 e. The molecule has 1 rings (SSSR count). The van der Waals surface area contributed by atoms with Crippen molar-refractivity contribution >= 4 is 27.5 Å². The van der Waals surface area contributed by atoms with Crippen molar-refractivity contribution in [2.24, 2.45) is 0 Å². The molecule has 0 heterocycles. The zero-order valence-corrected chi connectivity index (χ0v) is 8.11. The summed E-state index contributed by atoms with van der Waals surface area (Å²) in [5.74, 6) is 0.446. The average Bonchev–Trinajstić information content (AvgIpc) is 1.97. The van der Waals surface area contributed by atoms with Gasteiger partial charge in [-0.3, -0.25) is 0 Å². The highest BCUT2D eigenvalue weighted by atomic mass is 79.9. The van der Waals surface area contributed by atoms with Gasteiger partial charge in [-0.05, 0) is 22.0 Å². The van der Waals surface area contributed by atoms with Gasteiger partial charge < -0.3 is 9.84 Å². The van der Waals surface area contributed by atoms with Gasteiger partial charge in [-0.1, -0.05) is 11.6 Å². The molecule has 1 N–H and O–H groups in total. The van der Waals surface area contributed by atoms with E-state index in [2.05, 4.69) is 15.9 Å². The second-order valence-electron chi connectivity index (χ2n) is 1.94. The first-order chi connectivity index (χ1) is 5.15. The van der Waals surface area contributed by atoms with E-state index in [-0.39, 0.29) is 5.75 Å². The van der Waals surface area contributed by atoms with Gasteiger partial charge >= 0.3 is 0 Å². The topological polar surface area (TPSA) is 29.5 Å². The first-order valence-electron chi connectivity index (χ1n) is 2.87. The molecule has 1 aromatic carbocycles. The third-order valence-electron chi connectivity index (χ3n) is 1.22. The third kappa shape index (κ3) is 1.79. The van der Waals surface area contributed by atoms with E-state index in [1.165, 1.54) is 13.2 Å². The maximum absolute atomic E-state index is 9.19. The van der Waals surface area contributed by atoms with Crippen LogP contribution in [0.4, 0.5) is 0 Å². The van der Waals surface area contributed by atoms with E-state index in [4.69, 9.17) is 16.3 Å². The maximum atomic E-state index is 9.19. The van der Waals surface area contributed by atoms with E-state index in [9.17, 15) is 5.11 Å². The van der Waals surface area contributed by atoms with E-state index in [0.29, 0.717) is 15.2 Å². The van der Waals surface area contributed by atoms with Gasteiger partial charge in [0, 0.05) is 10.5 Å². The van der Waals surface area contributed by atoms with Crippen LogP contribution in [0.15, 0.2) is 16.6 Å². The predicted molar refractivity (Wildman–Crippen MR) is 47.4 cm³/mol. The molecular formula is C7H6BrClO2. The third-order valence-corrected chi connectivity index (χ3v) is 2.42. The van der Waals surface area contributed by atoms with Crippen molar-refractivity contribution in [2.45, 2.75) is 0 Å². The lowest BCUT2D eigenvalue weighted by Gasteiger charge is -2.03. The van der Waals surface area contributed by atoms with Crippen molar-refractivity contribution in [3.8, 4) is 11.5 Å². The van der Waals surface area contributed by atoms with Crippen LogP contribution in [0.25, 0.3) is 0 Å². The lowest BCUT2D eigenvalue weighted by molar-refractivity contribution is 0.373. The lowest BCUT2D eigenvalue weighted by atomic mass is 10.3. The number of phenols is 1. The van der Waals surface area contributed by atoms with Crippen LogP contribution >= 0.6 is 27.5 Å². The molecule has 0 amide bonds. The molecule has 0 aromatic heterocycles. The number of halogens is 2. The molecule has 2 nitrogen and oxygen atoms in total. The number of benzene rings is 1. The summed E-state index contributed by atoms with van der Waals surface area (Å²) >= 11 is 8.88. The normalized spacial score (nSPS) is 9.73. The highest BCUT2D eigenvalue weighted by Gasteiger charge is 2.04. The fourth-order valence-corrected chi connectivity index (χ4v) is 1.16. The highest BCUT2D eigenvalue weighted by molar-refractivity contribution is 9.10. The van der Waals surface area contributed by atoms with Gasteiger partial charge in [0.25, 0.3) is 0 Å². The van der Waals surface area contributed by atoms with Gasteiger partial charge in [-0.15, -0.1) is 0 Å². The van der Waals surface area contributed by atoms with Crippen LogP contribution in [0, 0.1) is 0 Å². The fourth-order valence-electron chi connectivity index (χ4n) is 0.682. The molecule has 0 saturated heterocycles. The first kappa shape index (κ1) is 8.68. The lowest BCUT2D eigenvalue weighted by Crippen LogP contribution is -1.83. The van der Waals surface area contributed by atoms with Gasteiger partial charge in [-0.2, -0.15) is 0 Å². The summed E-state index contributed by atoms with van der Waals surface area (Å²) in [6.07, 6.45) is 0. The molecule has 4 heteroatoms. The van der Waals surface area contributed by atoms with Gasteiger partial charge in [0.1, 0.15) is 0 Å². The van der Waals surface area contributed by atoms with Crippen LogP contribution in [-0.4, -0.2) is 12.2 Å². The number of rotatable bonds is 1. The summed E-state index contributed by atoms with van der Waals surface area (Å²) in [4.78, 5) is 0. The standard InChI is InChI=1S/C7H6BrClO2/c1-11-7-2-4(8)5(9)3-6(7)10/h2-3,10H,1H3. The summed E-state index contributed by atoms with van der Waals surface area (Å²) in [6.45, 7) is 0. The monoisotopic (exact) mass is 236 g/mol. The molecule has 0 atom stereocenters. The summed E-state index contributed by atoms with van der Waals surface area (Å²) in [5, 5.41) is 9.65. The molecule has 0 spiro atoms. The Hall–Kier alpha value is -0.410. The van der Waals surface area contributed by atoms with Crippen molar-refractivity contribution in [3.05, 3.63) is 21.6 Å². The van der Waals surface area contributed by atoms with E-state index in [1.54, 1.807) is 6.07 Å². The highest BCUT2D eigenvalue weighted by Crippen LogP contribution is 2.34. The van der Waals surface area contributed by atoms with E-state index in [0.717, 1.165) is 0 Å². The predicted octanol–water partition coefficient (Wildman–Crippen LogP) is 2.82. The van der Waals surface area contributed by atoms with Gasteiger partial charge in [0.2, 0.25) is 0 Å². The molecule has 60 valence electrons. The average molecular weight is 237 g/mol. The Morgan fingerprint density at radius 2 is 2.18 bits per heavy atom. The molecule has 1 aromatic rings. The Morgan fingerprint density at radius 1 is 1.55 bits per heavy atom. The van der Waals surface area contributed by atoms with Crippen LogP contribution in [-0.2, 0) is 0 Å². The van der Waals surface area contributed by atoms with Gasteiger partial charge in [-0.25, -0.2) is 0 Å². The molecule has 0 fully saturated rings. The van der Waals surface area contributed by atoms with Crippen LogP contribution in [0.5, 0.6) is 11.5 Å². The summed E-state index contributed by atoms with van der Waals surface area (Å²) < 4.78 is 5.54. The molecule has 0 radical (unpaired) electrons. The minimum atomic E-state index is 0.0423. The zero-order chi connectivity index (χ0) is 8.43. The molecule has 11 heavy (non-hydrogen) atoms. The van der Waals surface area contributed by atoms with Gasteiger partial charge in [0.05, 0.1) is 12.1 Å². The second-order valence-corrected chi connectivity index (χ2v) is 3.20. The zero-order valence-electron chi connectivity index (χ0n) is 5.77. The van der Waals surface area contributed by atoms with E-state index >= 15 is 0 Å². The van der Waals surface area contributed by atoms with Crippen LogP contribution in [0.3, 0.4) is 0 Å². The van der Waals surface area contributed by atoms with Crippen molar-refractivity contribution in [1.82, 2.24) is 0 Å². The number of aromatic hydroxyl groups is 1. The minimum absolute atomic E-state index is 0.0423. The number of phenolic OH excluding ortho intramolecular Hbond substituents is 1. The molecule has 0 saturated carbocycles. The molecule has 0 aliphatic heterocycles. The maximum Gasteiger partial charge on any atom is 0.161 e. The Bertz CT molecular complexity index is 275. The molecule has 0 aliphatic rings. The molecule has 0 aliphatic carbocycles. The number of hydrogen-bond acceptors (Lipinski definition) is 2. The van der Waals surface area contributed by atoms with E-state index < -0.39 is 0 Å². The Morgan fingerprint density at radius 3 is 2.73 bits per heavy atom. The van der Waals surface area contributed by atoms with Crippen molar-refractivity contribution in [1.29, 1.82) is 0 Å². The van der Waals surface area contributed by atoms with Crippen LogP contribution in [0.2, 0.25) is 5.02 Å². The Balaban J connectivity index is 3.21. The summed E-state index contributed by atoms with van der Waals surface area (Å²) in [7, 11) is 1.48. The van der Waals surface area contributed by atoms with Crippen LogP contribution in [0.1, 0.15) is 0 Å². The van der Waals surface area contributed by atoms with Gasteiger partial charge in [0.15, 0.2) is 11.5 Å². The molecule has 0 unspecified atom stereocenters. The largest absolute Gasteiger partial charge is 0.504 e. The molecular weight excluding hydrogens is 231 g/mol. The number of hydrogen-bond donors (Lipinski definition) is 1. The molecule has 0 bridgehead atoms. The van der Waals surface area contributed by atoms with Crippen LogP contribution < -0.4 is 4.74 Å². The van der Waals surface area contributed by atoms with Crippen molar-refractivity contribution < 1.29 is 9.84 Å². The Labute approximate surface area is 77.9 Å². The Kier molecular flexibility index (Phi) is 2.62. The summed E-state index contributed by atoms with van der Waals surface area (Å²) in [6, 6.07) is 3.03. The summed E-state index contributed by atoms with van der Waals surface area (Å²) in [5.41, 5.74) is 0. The fraction of sp³-hybridized carbons (Fsp3) is 0.143. The van der Waals surface area contributed by atoms with E-state index in [1.807, 2.05) is 0 Å². The van der Waals surface area contributed by atoms with Crippen molar-refractivity contribution in [3.63, 3.8) is 0 Å². The quantitative estimate of drug-likeness (QED) is 0.814. The minimum Gasteiger partial charge on any atom is -0.504 e.